The first-order valence-electron chi connectivity index (χ1n) is 7.03. The molecular formula is C15H24ClNO3. The lowest BCUT2D eigenvalue weighted by Crippen LogP contribution is -2.15. The molecule has 0 fully saturated rings. The van der Waals surface area contributed by atoms with Crippen LogP contribution < -0.4 is 14.8 Å². The molecule has 114 valence electrons. The van der Waals surface area contributed by atoms with Crippen molar-refractivity contribution in [2.75, 3.05) is 26.9 Å². The summed E-state index contributed by atoms with van der Waals surface area (Å²) in [6.07, 6.45) is 2.70. The number of aliphatic hydroxyl groups is 1. The Kier molecular flexibility index (Phi) is 8.42. The molecule has 0 aliphatic carbocycles. The molecule has 0 saturated carbocycles. The van der Waals surface area contributed by atoms with Crippen molar-refractivity contribution >= 4 is 11.6 Å². The van der Waals surface area contributed by atoms with Crippen molar-refractivity contribution in [3.8, 4) is 11.5 Å². The molecule has 0 atom stereocenters. The minimum absolute atomic E-state index is 0.241. The van der Waals surface area contributed by atoms with Crippen LogP contribution in [-0.4, -0.2) is 32.0 Å². The lowest BCUT2D eigenvalue weighted by atomic mass is 10.2. The number of rotatable bonds is 10. The second-order valence-electron chi connectivity index (χ2n) is 4.56. The minimum Gasteiger partial charge on any atom is -0.493 e. The van der Waals surface area contributed by atoms with Gasteiger partial charge < -0.3 is 19.9 Å². The summed E-state index contributed by atoms with van der Waals surface area (Å²) in [7, 11) is 1.61. The fraction of sp³-hybridized carbons (Fsp3) is 0.600. The van der Waals surface area contributed by atoms with Crippen LogP contribution >= 0.6 is 11.6 Å². The molecule has 1 aromatic rings. The van der Waals surface area contributed by atoms with Gasteiger partial charge in [0.25, 0.3) is 0 Å². The van der Waals surface area contributed by atoms with E-state index < -0.39 is 0 Å². The molecule has 4 nitrogen and oxygen atoms in total. The van der Waals surface area contributed by atoms with Crippen molar-refractivity contribution in [1.29, 1.82) is 0 Å². The van der Waals surface area contributed by atoms with E-state index in [-0.39, 0.29) is 6.61 Å². The van der Waals surface area contributed by atoms with Gasteiger partial charge in [-0.05, 0) is 43.5 Å². The summed E-state index contributed by atoms with van der Waals surface area (Å²) in [6.45, 7) is 4.49. The van der Waals surface area contributed by atoms with Crippen LogP contribution in [0.25, 0.3) is 0 Å². The fourth-order valence-electron chi connectivity index (χ4n) is 1.81. The Hall–Kier alpha value is -0.970. The summed E-state index contributed by atoms with van der Waals surface area (Å²) in [6, 6.07) is 3.84. The number of hydrogen-bond acceptors (Lipinski definition) is 4. The molecule has 5 heteroatoms. The molecule has 1 rings (SSSR count). The highest BCUT2D eigenvalue weighted by Gasteiger charge is 2.11. The molecule has 2 N–H and O–H groups in total. The van der Waals surface area contributed by atoms with Crippen LogP contribution in [0.4, 0.5) is 0 Å². The molecular weight excluding hydrogens is 278 g/mol. The Morgan fingerprint density at radius 2 is 2.10 bits per heavy atom. The normalized spacial score (nSPS) is 10.6. The zero-order valence-corrected chi connectivity index (χ0v) is 13.0. The third kappa shape index (κ3) is 5.57. The van der Waals surface area contributed by atoms with Gasteiger partial charge in [0.15, 0.2) is 11.5 Å². The molecule has 0 amide bonds. The van der Waals surface area contributed by atoms with Gasteiger partial charge in [-0.3, -0.25) is 0 Å². The lowest BCUT2D eigenvalue weighted by Gasteiger charge is -2.14. The van der Waals surface area contributed by atoms with E-state index in [1.54, 1.807) is 7.11 Å². The molecule has 0 aromatic heterocycles. The number of hydrogen-bond donors (Lipinski definition) is 2. The van der Waals surface area contributed by atoms with Gasteiger partial charge in [-0.2, -0.15) is 0 Å². The molecule has 0 unspecified atom stereocenters. The number of ether oxygens (including phenoxy) is 2. The molecule has 0 saturated heterocycles. The average Bonchev–Trinajstić information content (AvgIpc) is 2.45. The second kappa shape index (κ2) is 9.86. The second-order valence-corrected chi connectivity index (χ2v) is 4.97. The van der Waals surface area contributed by atoms with Gasteiger partial charge in [0, 0.05) is 13.2 Å². The van der Waals surface area contributed by atoms with Crippen molar-refractivity contribution in [3.63, 3.8) is 0 Å². The number of unbranched alkanes of at least 4 members (excludes halogenated alkanes) is 1. The maximum absolute atomic E-state index is 8.71. The van der Waals surface area contributed by atoms with Crippen LogP contribution in [0.2, 0.25) is 5.02 Å². The van der Waals surface area contributed by atoms with E-state index in [1.807, 2.05) is 19.1 Å². The molecule has 0 aliphatic rings. The van der Waals surface area contributed by atoms with Gasteiger partial charge >= 0.3 is 0 Å². The summed E-state index contributed by atoms with van der Waals surface area (Å²) < 4.78 is 11.0. The Morgan fingerprint density at radius 1 is 1.30 bits per heavy atom. The van der Waals surface area contributed by atoms with Crippen LogP contribution in [0.3, 0.4) is 0 Å². The van der Waals surface area contributed by atoms with E-state index >= 15 is 0 Å². The number of halogens is 1. The molecule has 0 radical (unpaired) electrons. The monoisotopic (exact) mass is 301 g/mol. The van der Waals surface area contributed by atoms with E-state index in [0.717, 1.165) is 37.9 Å². The third-order valence-corrected chi connectivity index (χ3v) is 3.11. The molecule has 0 bridgehead atoms. The molecule has 0 heterocycles. The third-order valence-electron chi connectivity index (χ3n) is 2.83. The van der Waals surface area contributed by atoms with Gasteiger partial charge in [0.1, 0.15) is 0 Å². The van der Waals surface area contributed by atoms with E-state index in [1.165, 1.54) is 0 Å². The zero-order valence-electron chi connectivity index (χ0n) is 12.2. The number of aliphatic hydroxyl groups excluding tert-OH is 1. The average molecular weight is 302 g/mol. The summed E-state index contributed by atoms with van der Waals surface area (Å²) >= 11 is 6.25. The van der Waals surface area contributed by atoms with E-state index in [4.69, 9.17) is 26.2 Å². The first kappa shape index (κ1) is 17.1. The maximum Gasteiger partial charge on any atom is 0.179 e. The Morgan fingerprint density at radius 3 is 2.75 bits per heavy atom. The van der Waals surface area contributed by atoms with Crippen LogP contribution in [0.15, 0.2) is 12.1 Å². The van der Waals surface area contributed by atoms with Gasteiger partial charge in [-0.1, -0.05) is 18.5 Å². The van der Waals surface area contributed by atoms with Crippen LogP contribution in [0.5, 0.6) is 11.5 Å². The summed E-state index contributed by atoms with van der Waals surface area (Å²) in [5.74, 6) is 1.28. The largest absolute Gasteiger partial charge is 0.493 e. The minimum atomic E-state index is 0.241. The molecule has 20 heavy (non-hydrogen) atoms. The Balaban J connectivity index is 2.62. The first-order valence-corrected chi connectivity index (χ1v) is 7.41. The topological polar surface area (TPSA) is 50.7 Å². The maximum atomic E-state index is 8.71. The van der Waals surface area contributed by atoms with Gasteiger partial charge in [0.05, 0.1) is 18.7 Å². The standard InChI is InChI=1S/C15H24ClNO3/c1-3-8-20-15-13(16)9-12(10-14(15)19-2)11-17-6-4-5-7-18/h9-10,17-18H,3-8,11H2,1-2H3. The lowest BCUT2D eigenvalue weighted by molar-refractivity contribution is 0.283. The highest BCUT2D eigenvalue weighted by molar-refractivity contribution is 6.32. The summed E-state index contributed by atoms with van der Waals surface area (Å²) in [5, 5.41) is 12.6. The number of nitrogens with one attached hydrogen (secondary N) is 1. The smallest absolute Gasteiger partial charge is 0.179 e. The Bertz CT molecular complexity index is 399. The van der Waals surface area contributed by atoms with Crippen LogP contribution in [-0.2, 0) is 6.54 Å². The number of benzene rings is 1. The van der Waals surface area contributed by atoms with Crippen LogP contribution in [0, 0.1) is 0 Å². The van der Waals surface area contributed by atoms with Crippen molar-refractivity contribution in [1.82, 2.24) is 5.32 Å². The summed E-state index contributed by atoms with van der Waals surface area (Å²) in [5.41, 5.74) is 1.06. The van der Waals surface area contributed by atoms with Gasteiger partial charge in [-0.25, -0.2) is 0 Å². The highest BCUT2D eigenvalue weighted by Crippen LogP contribution is 2.36. The highest BCUT2D eigenvalue weighted by atomic mass is 35.5. The first-order chi connectivity index (χ1) is 9.72. The van der Waals surface area contributed by atoms with E-state index in [2.05, 4.69) is 5.32 Å². The van der Waals surface area contributed by atoms with Gasteiger partial charge in [-0.15, -0.1) is 0 Å². The molecule has 0 spiro atoms. The van der Waals surface area contributed by atoms with Crippen molar-refractivity contribution in [2.24, 2.45) is 0 Å². The van der Waals surface area contributed by atoms with Crippen molar-refractivity contribution < 1.29 is 14.6 Å². The Labute approximate surface area is 126 Å². The quantitative estimate of drug-likeness (QED) is 0.652. The molecule has 1 aromatic carbocycles. The summed E-state index contributed by atoms with van der Waals surface area (Å²) in [4.78, 5) is 0. The number of methoxy groups -OCH3 is 1. The fourth-order valence-corrected chi connectivity index (χ4v) is 2.10. The zero-order chi connectivity index (χ0) is 14.8. The van der Waals surface area contributed by atoms with E-state index in [9.17, 15) is 0 Å². The van der Waals surface area contributed by atoms with Crippen LogP contribution in [0.1, 0.15) is 31.7 Å². The van der Waals surface area contributed by atoms with E-state index in [0.29, 0.717) is 23.1 Å². The molecule has 0 aliphatic heterocycles. The van der Waals surface area contributed by atoms with Crippen molar-refractivity contribution in [2.45, 2.75) is 32.7 Å². The van der Waals surface area contributed by atoms with Gasteiger partial charge in [0.2, 0.25) is 0 Å². The SMILES string of the molecule is CCCOc1c(Cl)cc(CNCCCCO)cc1OC. The predicted molar refractivity (Wildman–Crippen MR) is 81.8 cm³/mol. The predicted octanol–water partition coefficient (Wildman–Crippen LogP) is 3.00. The van der Waals surface area contributed by atoms with Crippen molar-refractivity contribution in [3.05, 3.63) is 22.7 Å².